The lowest BCUT2D eigenvalue weighted by Crippen LogP contribution is -2.36. The summed E-state index contributed by atoms with van der Waals surface area (Å²) in [5.74, 6) is 0.923. The molecule has 3 nitrogen and oxygen atoms in total. The van der Waals surface area contributed by atoms with Crippen molar-refractivity contribution in [1.82, 2.24) is 10.2 Å². The maximum absolute atomic E-state index is 6.43. The van der Waals surface area contributed by atoms with E-state index < -0.39 is 0 Å². The van der Waals surface area contributed by atoms with Crippen molar-refractivity contribution in [1.29, 1.82) is 0 Å². The van der Waals surface area contributed by atoms with Gasteiger partial charge in [-0.3, -0.25) is 4.90 Å². The topological polar surface area (TPSA) is 24.5 Å². The summed E-state index contributed by atoms with van der Waals surface area (Å²) in [5.41, 5.74) is 0.318. The van der Waals surface area contributed by atoms with Crippen LogP contribution in [0.3, 0.4) is 0 Å². The molecule has 102 valence electrons. The zero-order valence-electron chi connectivity index (χ0n) is 11.4. The van der Waals surface area contributed by atoms with Crippen LogP contribution in [-0.4, -0.2) is 48.8 Å². The lowest BCUT2D eigenvalue weighted by molar-refractivity contribution is -0.0457. The molecule has 0 aromatic heterocycles. The molecule has 4 rings (SSSR count). The fourth-order valence-corrected chi connectivity index (χ4v) is 4.79. The molecule has 3 heteroatoms. The van der Waals surface area contributed by atoms with E-state index in [0.717, 1.165) is 12.0 Å². The lowest BCUT2D eigenvalue weighted by atomic mass is 9.98. The van der Waals surface area contributed by atoms with Crippen LogP contribution in [0.4, 0.5) is 0 Å². The van der Waals surface area contributed by atoms with Gasteiger partial charge >= 0.3 is 0 Å². The SMILES string of the molecule is C1CCC2(C1)CCC(CN1C[C@@H]3CCN[C@@H]3C1)O2. The number of likely N-dealkylation sites (tertiary alicyclic amines) is 1. The Hall–Kier alpha value is -0.120. The molecule has 3 atom stereocenters. The zero-order valence-corrected chi connectivity index (χ0v) is 11.4. The first kappa shape index (κ1) is 11.7. The van der Waals surface area contributed by atoms with E-state index in [0.29, 0.717) is 11.7 Å². The normalized spacial score (nSPS) is 43.0. The van der Waals surface area contributed by atoms with Crippen LogP contribution >= 0.6 is 0 Å². The smallest absolute Gasteiger partial charge is 0.0710 e. The van der Waals surface area contributed by atoms with Crippen LogP contribution in [0.15, 0.2) is 0 Å². The molecule has 1 spiro atoms. The third kappa shape index (κ3) is 2.00. The molecule has 1 unspecified atom stereocenters. The summed E-state index contributed by atoms with van der Waals surface area (Å²) in [5, 5.41) is 3.64. The minimum absolute atomic E-state index is 0.318. The van der Waals surface area contributed by atoms with Crippen LogP contribution in [0.25, 0.3) is 0 Å². The first-order valence-corrected chi connectivity index (χ1v) is 7.97. The molecule has 1 N–H and O–H groups in total. The van der Waals surface area contributed by atoms with Gasteiger partial charge in [0.05, 0.1) is 11.7 Å². The molecule has 0 bridgehead atoms. The number of nitrogens with zero attached hydrogens (tertiary/aromatic N) is 1. The minimum atomic E-state index is 0.318. The predicted octanol–water partition coefficient (Wildman–Crippen LogP) is 1.77. The van der Waals surface area contributed by atoms with Crippen LogP contribution in [0.1, 0.15) is 44.9 Å². The van der Waals surface area contributed by atoms with Crippen molar-refractivity contribution in [2.75, 3.05) is 26.2 Å². The third-order valence-corrected chi connectivity index (χ3v) is 5.75. The Kier molecular flexibility index (Phi) is 2.90. The van der Waals surface area contributed by atoms with Crippen molar-refractivity contribution in [2.45, 2.75) is 62.7 Å². The molecule has 1 saturated carbocycles. The van der Waals surface area contributed by atoms with E-state index in [1.807, 2.05) is 0 Å². The summed E-state index contributed by atoms with van der Waals surface area (Å²) in [7, 11) is 0. The highest BCUT2D eigenvalue weighted by Gasteiger charge is 2.44. The van der Waals surface area contributed by atoms with E-state index in [1.165, 1.54) is 71.1 Å². The number of rotatable bonds is 2. The van der Waals surface area contributed by atoms with Crippen molar-refractivity contribution in [3.05, 3.63) is 0 Å². The highest BCUT2D eigenvalue weighted by Crippen LogP contribution is 2.43. The van der Waals surface area contributed by atoms with Crippen molar-refractivity contribution in [3.8, 4) is 0 Å². The molecule has 3 aliphatic heterocycles. The van der Waals surface area contributed by atoms with Gasteiger partial charge in [0.15, 0.2) is 0 Å². The first-order valence-electron chi connectivity index (χ1n) is 7.97. The third-order valence-electron chi connectivity index (χ3n) is 5.75. The average Bonchev–Trinajstić information content (AvgIpc) is 3.05. The van der Waals surface area contributed by atoms with E-state index in [-0.39, 0.29) is 0 Å². The number of fused-ring (bicyclic) bond motifs is 1. The van der Waals surface area contributed by atoms with Gasteiger partial charge in [0, 0.05) is 25.7 Å². The van der Waals surface area contributed by atoms with Gasteiger partial charge in [-0.15, -0.1) is 0 Å². The van der Waals surface area contributed by atoms with Crippen molar-refractivity contribution >= 4 is 0 Å². The lowest BCUT2D eigenvalue weighted by Gasteiger charge is -2.26. The second-order valence-corrected chi connectivity index (χ2v) is 7.00. The number of hydrogen-bond acceptors (Lipinski definition) is 3. The average molecular weight is 250 g/mol. The minimum Gasteiger partial charge on any atom is -0.370 e. The number of nitrogens with one attached hydrogen (secondary N) is 1. The fraction of sp³-hybridized carbons (Fsp3) is 1.00. The zero-order chi connectivity index (χ0) is 12.0. The summed E-state index contributed by atoms with van der Waals surface area (Å²) in [6.45, 7) is 5.00. The van der Waals surface area contributed by atoms with Crippen LogP contribution in [0.5, 0.6) is 0 Å². The van der Waals surface area contributed by atoms with E-state index in [2.05, 4.69) is 10.2 Å². The standard InChI is InChI=1S/C15H26N2O/c1-2-6-15(5-1)7-3-13(18-15)10-17-9-12-4-8-16-14(12)11-17/h12-14,16H,1-11H2/t12-,13?,14+/m0/s1. The van der Waals surface area contributed by atoms with Gasteiger partial charge < -0.3 is 10.1 Å². The van der Waals surface area contributed by atoms with Gasteiger partial charge in [-0.05, 0) is 44.6 Å². The van der Waals surface area contributed by atoms with Crippen molar-refractivity contribution in [3.63, 3.8) is 0 Å². The Labute approximate surface area is 110 Å². The molecular formula is C15H26N2O. The first-order chi connectivity index (χ1) is 8.83. The Morgan fingerprint density at radius 2 is 2.00 bits per heavy atom. The van der Waals surface area contributed by atoms with Crippen LogP contribution < -0.4 is 5.32 Å². The Bertz CT molecular complexity index is 302. The molecule has 4 aliphatic rings. The molecule has 0 aromatic carbocycles. The molecule has 3 saturated heterocycles. The summed E-state index contributed by atoms with van der Waals surface area (Å²) in [6.07, 6.45) is 10.00. The molecule has 0 aromatic rings. The molecule has 18 heavy (non-hydrogen) atoms. The van der Waals surface area contributed by atoms with Crippen molar-refractivity contribution in [2.24, 2.45) is 5.92 Å². The van der Waals surface area contributed by atoms with Crippen LogP contribution in [0.2, 0.25) is 0 Å². The Balaban J connectivity index is 1.31. The summed E-state index contributed by atoms with van der Waals surface area (Å²) >= 11 is 0. The predicted molar refractivity (Wildman–Crippen MR) is 71.6 cm³/mol. The van der Waals surface area contributed by atoms with Crippen LogP contribution in [0, 0.1) is 5.92 Å². The fourth-order valence-electron chi connectivity index (χ4n) is 4.79. The van der Waals surface area contributed by atoms with Gasteiger partial charge in [0.2, 0.25) is 0 Å². The number of ether oxygens (including phenoxy) is 1. The van der Waals surface area contributed by atoms with E-state index in [4.69, 9.17) is 4.74 Å². The number of hydrogen-bond donors (Lipinski definition) is 1. The molecule has 3 heterocycles. The quantitative estimate of drug-likeness (QED) is 0.808. The summed E-state index contributed by atoms with van der Waals surface area (Å²) in [6, 6.07) is 0.784. The largest absolute Gasteiger partial charge is 0.370 e. The highest BCUT2D eigenvalue weighted by molar-refractivity contribution is 4.97. The van der Waals surface area contributed by atoms with Gasteiger partial charge in [0.1, 0.15) is 0 Å². The van der Waals surface area contributed by atoms with Gasteiger partial charge in [-0.2, -0.15) is 0 Å². The maximum Gasteiger partial charge on any atom is 0.0710 e. The van der Waals surface area contributed by atoms with Crippen LogP contribution in [-0.2, 0) is 4.74 Å². The molecule has 0 radical (unpaired) electrons. The van der Waals surface area contributed by atoms with E-state index in [1.54, 1.807) is 0 Å². The van der Waals surface area contributed by atoms with E-state index >= 15 is 0 Å². The van der Waals surface area contributed by atoms with Crippen molar-refractivity contribution < 1.29 is 4.74 Å². The Morgan fingerprint density at radius 1 is 1.11 bits per heavy atom. The Morgan fingerprint density at radius 3 is 2.83 bits per heavy atom. The van der Waals surface area contributed by atoms with Gasteiger partial charge in [-0.1, -0.05) is 12.8 Å². The summed E-state index contributed by atoms with van der Waals surface area (Å²) < 4.78 is 6.43. The molecule has 1 aliphatic carbocycles. The molecular weight excluding hydrogens is 224 g/mol. The van der Waals surface area contributed by atoms with E-state index in [9.17, 15) is 0 Å². The molecule has 4 fully saturated rings. The van der Waals surface area contributed by atoms with Gasteiger partial charge in [-0.25, -0.2) is 0 Å². The summed E-state index contributed by atoms with van der Waals surface area (Å²) in [4.78, 5) is 2.65. The monoisotopic (exact) mass is 250 g/mol. The van der Waals surface area contributed by atoms with Gasteiger partial charge in [0.25, 0.3) is 0 Å². The second-order valence-electron chi connectivity index (χ2n) is 7.00. The highest BCUT2D eigenvalue weighted by atomic mass is 16.5. The second kappa shape index (κ2) is 4.46. The molecule has 0 amide bonds. The maximum atomic E-state index is 6.43.